The van der Waals surface area contributed by atoms with E-state index in [-0.39, 0.29) is 12.3 Å². The molecule has 0 atom stereocenters. The first-order valence-electron chi connectivity index (χ1n) is 5.09. The summed E-state index contributed by atoms with van der Waals surface area (Å²) in [6.45, 7) is 5.58. The lowest BCUT2D eigenvalue weighted by Gasteiger charge is -1.99. The lowest BCUT2D eigenvalue weighted by atomic mass is 10.2. The van der Waals surface area contributed by atoms with Crippen molar-refractivity contribution in [2.45, 2.75) is 20.8 Å². The maximum Gasteiger partial charge on any atom is 0.340 e. The lowest BCUT2D eigenvalue weighted by molar-refractivity contribution is -0.138. The fraction of sp³-hybridized carbons (Fsp3) is 0.364. The van der Waals surface area contributed by atoms with Gasteiger partial charge < -0.3 is 9.15 Å². The molecular formula is C11H13N3O3. The number of ether oxygens (including phenoxy) is 1. The summed E-state index contributed by atoms with van der Waals surface area (Å²) in [4.78, 5) is 14.0. The van der Waals surface area contributed by atoms with Crippen molar-refractivity contribution in [3.63, 3.8) is 0 Å². The van der Waals surface area contributed by atoms with Crippen molar-refractivity contribution in [2.75, 3.05) is 6.61 Å². The zero-order chi connectivity index (χ0) is 12.8. The highest BCUT2D eigenvalue weighted by molar-refractivity contribution is 5.92. The molecule has 0 saturated heterocycles. The van der Waals surface area contributed by atoms with Crippen molar-refractivity contribution in [3.05, 3.63) is 39.3 Å². The van der Waals surface area contributed by atoms with Gasteiger partial charge in [0.1, 0.15) is 17.2 Å². The lowest BCUT2D eigenvalue weighted by Crippen LogP contribution is -2.05. The summed E-state index contributed by atoms with van der Waals surface area (Å²) < 4.78 is 10.1. The molecule has 0 radical (unpaired) electrons. The number of esters is 1. The largest absolute Gasteiger partial charge is 0.462 e. The molecule has 6 heteroatoms. The number of aryl methyl sites for hydroxylation is 2. The Morgan fingerprint density at radius 1 is 1.65 bits per heavy atom. The van der Waals surface area contributed by atoms with E-state index in [9.17, 15) is 4.79 Å². The highest BCUT2D eigenvalue weighted by Gasteiger charge is 2.10. The van der Waals surface area contributed by atoms with Crippen molar-refractivity contribution >= 4 is 12.0 Å². The fourth-order valence-corrected chi connectivity index (χ4v) is 1.19. The van der Waals surface area contributed by atoms with Gasteiger partial charge in [0.25, 0.3) is 0 Å². The minimum Gasteiger partial charge on any atom is -0.462 e. The normalized spacial score (nSPS) is 10.9. The number of furan rings is 1. The number of carbonyl (C=O) groups excluding carboxylic acids is 1. The zero-order valence-corrected chi connectivity index (χ0v) is 9.93. The Labute approximate surface area is 98.5 Å². The van der Waals surface area contributed by atoms with Gasteiger partial charge in [-0.2, -0.15) is 0 Å². The van der Waals surface area contributed by atoms with Crippen LogP contribution in [-0.4, -0.2) is 12.6 Å². The summed E-state index contributed by atoms with van der Waals surface area (Å²) in [5.74, 6) is 0.535. The van der Waals surface area contributed by atoms with E-state index in [2.05, 4.69) is 10.0 Å². The first kappa shape index (κ1) is 12.9. The van der Waals surface area contributed by atoms with Crippen molar-refractivity contribution in [1.29, 1.82) is 0 Å². The molecule has 0 unspecified atom stereocenters. The summed E-state index contributed by atoms with van der Waals surface area (Å²) in [5.41, 5.74) is 9.21. The molecule has 0 spiro atoms. The molecule has 17 heavy (non-hydrogen) atoms. The minimum absolute atomic E-state index is 0.122. The molecule has 0 aliphatic carbocycles. The van der Waals surface area contributed by atoms with Crippen LogP contribution in [0, 0.1) is 13.8 Å². The van der Waals surface area contributed by atoms with Crippen LogP contribution in [0.5, 0.6) is 0 Å². The summed E-state index contributed by atoms with van der Waals surface area (Å²) in [6, 6.07) is 1.75. The minimum atomic E-state index is -0.669. The topological polar surface area (TPSA) is 88.2 Å². The van der Waals surface area contributed by atoms with Gasteiger partial charge in [0.15, 0.2) is 0 Å². The smallest absolute Gasteiger partial charge is 0.340 e. The average molecular weight is 235 g/mol. The maximum atomic E-state index is 11.4. The second-order valence-electron chi connectivity index (χ2n) is 3.33. The second-order valence-corrected chi connectivity index (χ2v) is 3.33. The molecule has 1 rings (SSSR count). The van der Waals surface area contributed by atoms with Gasteiger partial charge >= 0.3 is 5.97 Å². The number of carbonyl (C=O) groups is 1. The summed E-state index contributed by atoms with van der Waals surface area (Å²) in [6.07, 6.45) is 1.36. The Bertz CT molecular complexity index is 477. The standard InChI is InChI=1S/C11H13N3O3/c1-4-16-11(15)10(13-14-12)6-9-5-7(2)8(3)17-9/h5-6H,4H2,1-3H3/b10-6-. The molecule has 0 aliphatic heterocycles. The molecule has 6 nitrogen and oxygen atoms in total. The van der Waals surface area contributed by atoms with E-state index in [1.165, 1.54) is 6.08 Å². The van der Waals surface area contributed by atoms with E-state index in [1.54, 1.807) is 13.0 Å². The van der Waals surface area contributed by atoms with E-state index < -0.39 is 5.97 Å². The number of hydrogen-bond acceptors (Lipinski definition) is 4. The maximum absolute atomic E-state index is 11.4. The molecule has 0 N–H and O–H groups in total. The third-order valence-corrected chi connectivity index (χ3v) is 2.10. The van der Waals surface area contributed by atoms with E-state index >= 15 is 0 Å². The predicted octanol–water partition coefficient (Wildman–Crippen LogP) is 3.11. The highest BCUT2D eigenvalue weighted by Crippen LogP contribution is 2.17. The van der Waals surface area contributed by atoms with Crippen molar-refractivity contribution in [3.8, 4) is 0 Å². The molecule has 90 valence electrons. The SMILES string of the molecule is CCOC(=O)/C(=C/c1cc(C)c(C)o1)N=[N+]=[N-]. The Kier molecular flexibility index (Phi) is 4.37. The highest BCUT2D eigenvalue weighted by atomic mass is 16.5. The van der Waals surface area contributed by atoms with Gasteiger partial charge in [-0.15, -0.1) is 0 Å². The van der Waals surface area contributed by atoms with E-state index in [4.69, 9.17) is 14.7 Å². The van der Waals surface area contributed by atoms with Crippen LogP contribution in [0.4, 0.5) is 0 Å². The Balaban J connectivity index is 3.05. The number of rotatable bonds is 4. The molecule has 1 aromatic heterocycles. The first-order valence-corrected chi connectivity index (χ1v) is 5.09. The third kappa shape index (κ3) is 3.39. The predicted molar refractivity (Wildman–Crippen MR) is 61.9 cm³/mol. The average Bonchev–Trinajstić information content (AvgIpc) is 2.58. The van der Waals surface area contributed by atoms with Gasteiger partial charge in [-0.05, 0) is 44.0 Å². The summed E-state index contributed by atoms with van der Waals surface area (Å²) >= 11 is 0. The van der Waals surface area contributed by atoms with Crippen LogP contribution < -0.4 is 0 Å². The van der Waals surface area contributed by atoms with Crippen LogP contribution in [0.1, 0.15) is 24.0 Å². The fourth-order valence-electron chi connectivity index (χ4n) is 1.19. The van der Waals surface area contributed by atoms with Crippen LogP contribution >= 0.6 is 0 Å². The molecule has 1 heterocycles. The second kappa shape index (κ2) is 5.77. The van der Waals surface area contributed by atoms with Crippen molar-refractivity contribution in [2.24, 2.45) is 5.11 Å². The van der Waals surface area contributed by atoms with Crippen molar-refractivity contribution in [1.82, 2.24) is 0 Å². The van der Waals surface area contributed by atoms with Crippen LogP contribution in [-0.2, 0) is 9.53 Å². The summed E-state index contributed by atoms with van der Waals surface area (Å²) in [7, 11) is 0. The van der Waals surface area contributed by atoms with E-state index in [0.29, 0.717) is 5.76 Å². The molecule has 0 bridgehead atoms. The quantitative estimate of drug-likeness (QED) is 0.264. The molecule has 1 aromatic rings. The van der Waals surface area contributed by atoms with Crippen LogP contribution in [0.2, 0.25) is 0 Å². The third-order valence-electron chi connectivity index (χ3n) is 2.10. The van der Waals surface area contributed by atoms with Gasteiger partial charge in [-0.25, -0.2) is 4.79 Å². The number of azide groups is 1. The van der Waals surface area contributed by atoms with Crippen molar-refractivity contribution < 1.29 is 13.9 Å². The van der Waals surface area contributed by atoms with Gasteiger partial charge in [0.2, 0.25) is 0 Å². The monoisotopic (exact) mass is 235 g/mol. The molecule has 0 aromatic carbocycles. The first-order chi connectivity index (χ1) is 8.08. The molecular weight excluding hydrogens is 222 g/mol. The Morgan fingerprint density at radius 3 is 2.82 bits per heavy atom. The number of nitrogens with zero attached hydrogens (tertiary/aromatic N) is 3. The Hall–Kier alpha value is -2.20. The van der Waals surface area contributed by atoms with Gasteiger partial charge in [-0.1, -0.05) is 5.11 Å². The van der Waals surface area contributed by atoms with Crippen LogP contribution in [0.3, 0.4) is 0 Å². The van der Waals surface area contributed by atoms with Crippen LogP contribution in [0.15, 0.2) is 21.3 Å². The van der Waals surface area contributed by atoms with Crippen LogP contribution in [0.25, 0.3) is 16.5 Å². The number of hydrogen-bond donors (Lipinski definition) is 0. The van der Waals surface area contributed by atoms with Gasteiger partial charge in [-0.3, -0.25) is 0 Å². The molecule has 0 fully saturated rings. The van der Waals surface area contributed by atoms with Gasteiger partial charge in [0, 0.05) is 4.91 Å². The molecule has 0 aliphatic rings. The van der Waals surface area contributed by atoms with E-state index in [1.807, 2.05) is 13.8 Å². The van der Waals surface area contributed by atoms with E-state index in [0.717, 1.165) is 11.3 Å². The summed E-state index contributed by atoms with van der Waals surface area (Å²) in [5, 5.41) is 3.28. The Morgan fingerprint density at radius 2 is 2.35 bits per heavy atom. The molecule has 0 saturated carbocycles. The van der Waals surface area contributed by atoms with Gasteiger partial charge in [0.05, 0.1) is 6.61 Å². The molecule has 0 amide bonds. The zero-order valence-electron chi connectivity index (χ0n) is 9.93.